The van der Waals surface area contributed by atoms with Crippen LogP contribution in [-0.4, -0.2) is 11.6 Å². The Morgan fingerprint density at radius 3 is 2.80 bits per heavy atom. The van der Waals surface area contributed by atoms with Crippen LogP contribution in [0.2, 0.25) is 0 Å². The molecule has 1 heterocycles. The number of aromatic nitrogens is 1. The van der Waals surface area contributed by atoms with Crippen LogP contribution in [0, 0.1) is 0 Å². The zero-order chi connectivity index (χ0) is 11.1. The summed E-state index contributed by atoms with van der Waals surface area (Å²) < 4.78 is 2.37. The summed E-state index contributed by atoms with van der Waals surface area (Å²) >= 11 is 0. The summed E-state index contributed by atoms with van der Waals surface area (Å²) in [5.41, 5.74) is 1.40. The molecule has 0 saturated heterocycles. The molecule has 1 aromatic heterocycles. The fourth-order valence-electron chi connectivity index (χ4n) is 1.88. The first-order valence-corrected chi connectivity index (χ1v) is 6.12. The smallest absolute Gasteiger partial charge is 0.0443 e. The summed E-state index contributed by atoms with van der Waals surface area (Å²) in [6.45, 7) is 5.62. The van der Waals surface area contributed by atoms with Crippen LogP contribution in [-0.2, 0) is 6.54 Å². The fraction of sp³-hybridized carbons (Fsp3) is 0.692. The van der Waals surface area contributed by atoms with Crippen LogP contribution < -0.4 is 5.32 Å². The second kappa shape index (κ2) is 6.67. The van der Waals surface area contributed by atoms with Crippen molar-refractivity contribution in [3.8, 4) is 0 Å². The van der Waals surface area contributed by atoms with Crippen molar-refractivity contribution in [1.29, 1.82) is 0 Å². The Morgan fingerprint density at radius 2 is 2.13 bits per heavy atom. The zero-order valence-electron chi connectivity index (χ0n) is 10.3. The van der Waals surface area contributed by atoms with Gasteiger partial charge >= 0.3 is 0 Å². The maximum Gasteiger partial charge on any atom is 0.0443 e. The van der Waals surface area contributed by atoms with E-state index in [0.29, 0.717) is 6.04 Å². The maximum absolute atomic E-state index is 3.29. The third-order valence-corrected chi connectivity index (χ3v) is 2.99. The molecule has 15 heavy (non-hydrogen) atoms. The molecule has 0 radical (unpaired) electrons. The minimum atomic E-state index is 0.450. The largest absolute Gasteiger partial charge is 0.350 e. The molecule has 0 bridgehead atoms. The normalized spacial score (nSPS) is 13.0. The van der Waals surface area contributed by atoms with Crippen LogP contribution in [0.15, 0.2) is 18.3 Å². The fourth-order valence-corrected chi connectivity index (χ4v) is 1.88. The summed E-state index contributed by atoms with van der Waals surface area (Å²) in [4.78, 5) is 0. The lowest BCUT2D eigenvalue weighted by molar-refractivity contribution is 0.532. The third-order valence-electron chi connectivity index (χ3n) is 2.99. The second-order valence-electron chi connectivity index (χ2n) is 4.20. The van der Waals surface area contributed by atoms with E-state index in [2.05, 4.69) is 42.1 Å². The standard InChI is InChI=1S/C13H24N2/c1-4-5-6-7-10-15-11-8-9-13(15)12(2)14-3/h8-9,11-12,14H,4-7,10H2,1-3H3. The molecule has 0 amide bonds. The SMILES string of the molecule is CCCCCCn1cccc1C(C)NC. The quantitative estimate of drug-likeness (QED) is 0.680. The van der Waals surface area contributed by atoms with Gasteiger partial charge in [0, 0.05) is 24.5 Å². The van der Waals surface area contributed by atoms with Crippen LogP contribution in [0.3, 0.4) is 0 Å². The topological polar surface area (TPSA) is 17.0 Å². The molecule has 2 heteroatoms. The first kappa shape index (κ1) is 12.3. The van der Waals surface area contributed by atoms with Gasteiger partial charge in [0.1, 0.15) is 0 Å². The van der Waals surface area contributed by atoms with Crippen molar-refractivity contribution >= 4 is 0 Å². The van der Waals surface area contributed by atoms with E-state index in [0.717, 1.165) is 6.54 Å². The molecule has 86 valence electrons. The highest BCUT2D eigenvalue weighted by molar-refractivity contribution is 5.11. The van der Waals surface area contributed by atoms with E-state index < -0.39 is 0 Å². The lowest BCUT2D eigenvalue weighted by Gasteiger charge is -2.14. The Morgan fingerprint density at radius 1 is 1.33 bits per heavy atom. The van der Waals surface area contributed by atoms with Crippen LogP contribution in [0.4, 0.5) is 0 Å². The van der Waals surface area contributed by atoms with Crippen molar-refractivity contribution in [1.82, 2.24) is 9.88 Å². The van der Waals surface area contributed by atoms with E-state index in [-0.39, 0.29) is 0 Å². The Balaban J connectivity index is 2.43. The van der Waals surface area contributed by atoms with Crippen LogP contribution in [0.1, 0.15) is 51.3 Å². The van der Waals surface area contributed by atoms with Gasteiger partial charge in [-0.1, -0.05) is 26.2 Å². The van der Waals surface area contributed by atoms with Gasteiger partial charge in [0.25, 0.3) is 0 Å². The third kappa shape index (κ3) is 3.71. The van der Waals surface area contributed by atoms with Gasteiger partial charge in [-0.05, 0) is 32.5 Å². The average molecular weight is 208 g/mol. The predicted molar refractivity (Wildman–Crippen MR) is 66.0 cm³/mol. The van der Waals surface area contributed by atoms with Crippen molar-refractivity contribution in [2.75, 3.05) is 7.05 Å². The maximum atomic E-state index is 3.29. The second-order valence-corrected chi connectivity index (χ2v) is 4.20. The Labute approximate surface area is 93.7 Å². The summed E-state index contributed by atoms with van der Waals surface area (Å²) in [6.07, 6.45) is 7.51. The first-order valence-electron chi connectivity index (χ1n) is 6.12. The molecule has 0 saturated carbocycles. The molecule has 0 aliphatic heterocycles. The van der Waals surface area contributed by atoms with Gasteiger partial charge in [0.2, 0.25) is 0 Å². The highest BCUT2D eigenvalue weighted by Crippen LogP contribution is 2.14. The van der Waals surface area contributed by atoms with Crippen molar-refractivity contribution in [3.63, 3.8) is 0 Å². The first-order chi connectivity index (χ1) is 7.29. The summed E-state index contributed by atoms with van der Waals surface area (Å²) in [5.74, 6) is 0. The van der Waals surface area contributed by atoms with Gasteiger partial charge < -0.3 is 9.88 Å². The minimum absolute atomic E-state index is 0.450. The molecular weight excluding hydrogens is 184 g/mol. The molecule has 0 aliphatic carbocycles. The Bertz CT molecular complexity index is 265. The van der Waals surface area contributed by atoms with Crippen molar-refractivity contribution < 1.29 is 0 Å². The molecule has 1 rings (SSSR count). The number of nitrogens with zero attached hydrogens (tertiary/aromatic N) is 1. The molecule has 0 aliphatic rings. The molecular formula is C13H24N2. The highest BCUT2D eigenvalue weighted by atomic mass is 15.0. The summed E-state index contributed by atoms with van der Waals surface area (Å²) in [7, 11) is 2.01. The molecule has 1 aromatic rings. The van der Waals surface area contributed by atoms with Gasteiger partial charge in [0.15, 0.2) is 0 Å². The lowest BCUT2D eigenvalue weighted by atomic mass is 10.2. The Hall–Kier alpha value is -0.760. The minimum Gasteiger partial charge on any atom is -0.350 e. The zero-order valence-corrected chi connectivity index (χ0v) is 10.3. The number of unbranched alkanes of at least 4 members (excludes halogenated alkanes) is 3. The molecule has 1 N–H and O–H groups in total. The molecule has 1 unspecified atom stereocenters. The summed E-state index contributed by atoms with van der Waals surface area (Å²) in [6, 6.07) is 4.80. The van der Waals surface area contributed by atoms with Gasteiger partial charge in [-0.2, -0.15) is 0 Å². The van der Waals surface area contributed by atoms with Crippen LogP contribution in [0.25, 0.3) is 0 Å². The molecule has 0 aromatic carbocycles. The van der Waals surface area contributed by atoms with Gasteiger partial charge in [-0.3, -0.25) is 0 Å². The molecule has 0 fully saturated rings. The summed E-state index contributed by atoms with van der Waals surface area (Å²) in [5, 5.41) is 3.29. The van der Waals surface area contributed by atoms with E-state index in [1.54, 1.807) is 0 Å². The highest BCUT2D eigenvalue weighted by Gasteiger charge is 2.06. The van der Waals surface area contributed by atoms with E-state index >= 15 is 0 Å². The number of hydrogen-bond acceptors (Lipinski definition) is 1. The number of aryl methyl sites for hydroxylation is 1. The van der Waals surface area contributed by atoms with Gasteiger partial charge in [0.05, 0.1) is 0 Å². The molecule has 2 nitrogen and oxygen atoms in total. The molecule has 0 spiro atoms. The van der Waals surface area contributed by atoms with Gasteiger partial charge in [-0.25, -0.2) is 0 Å². The van der Waals surface area contributed by atoms with E-state index in [4.69, 9.17) is 0 Å². The van der Waals surface area contributed by atoms with E-state index in [1.807, 2.05) is 7.05 Å². The van der Waals surface area contributed by atoms with E-state index in [9.17, 15) is 0 Å². The van der Waals surface area contributed by atoms with Crippen molar-refractivity contribution in [3.05, 3.63) is 24.0 Å². The van der Waals surface area contributed by atoms with Gasteiger partial charge in [-0.15, -0.1) is 0 Å². The molecule has 1 atom stereocenters. The number of nitrogens with one attached hydrogen (secondary N) is 1. The number of hydrogen-bond donors (Lipinski definition) is 1. The Kier molecular flexibility index (Phi) is 5.48. The number of rotatable bonds is 7. The lowest BCUT2D eigenvalue weighted by Crippen LogP contribution is -2.16. The van der Waals surface area contributed by atoms with Crippen LogP contribution >= 0.6 is 0 Å². The monoisotopic (exact) mass is 208 g/mol. The average Bonchev–Trinajstić information content (AvgIpc) is 2.71. The van der Waals surface area contributed by atoms with Crippen molar-refractivity contribution in [2.24, 2.45) is 0 Å². The van der Waals surface area contributed by atoms with E-state index in [1.165, 1.54) is 31.4 Å². The van der Waals surface area contributed by atoms with Crippen LogP contribution in [0.5, 0.6) is 0 Å². The predicted octanol–water partition coefficient (Wildman–Crippen LogP) is 3.35. The van der Waals surface area contributed by atoms with Crippen molar-refractivity contribution in [2.45, 2.75) is 52.1 Å².